The minimum absolute atomic E-state index is 0.172. The molecule has 0 unspecified atom stereocenters. The molecule has 0 saturated carbocycles. The molecule has 3 aromatic rings. The minimum atomic E-state index is -3.77. The number of carbonyl (C=O) groups is 1. The summed E-state index contributed by atoms with van der Waals surface area (Å²) in [7, 11) is -2.37. The molecule has 0 spiro atoms. The lowest BCUT2D eigenvalue weighted by Crippen LogP contribution is -2.35. The summed E-state index contributed by atoms with van der Waals surface area (Å²) in [4.78, 5) is 12.7. The zero-order valence-corrected chi connectivity index (χ0v) is 18.4. The number of hydrogen-bond acceptors (Lipinski definition) is 4. The Morgan fingerprint density at radius 1 is 1.03 bits per heavy atom. The van der Waals surface area contributed by atoms with Crippen molar-refractivity contribution < 1.29 is 13.2 Å². The minimum Gasteiger partial charge on any atom is -0.310 e. The first kappa shape index (κ1) is 21.7. The molecule has 7 nitrogen and oxygen atoms in total. The third-order valence-corrected chi connectivity index (χ3v) is 6.70. The second-order valence-electron chi connectivity index (χ2n) is 7.37. The highest BCUT2D eigenvalue weighted by Gasteiger charge is 2.24. The summed E-state index contributed by atoms with van der Waals surface area (Å²) >= 11 is 0. The van der Waals surface area contributed by atoms with Crippen molar-refractivity contribution in [3.8, 4) is 0 Å². The maximum Gasteiger partial charge on any atom is 0.243 e. The van der Waals surface area contributed by atoms with Crippen molar-refractivity contribution in [2.45, 2.75) is 32.2 Å². The summed E-state index contributed by atoms with van der Waals surface area (Å²) in [6.07, 6.45) is 0. The van der Waals surface area contributed by atoms with Crippen molar-refractivity contribution in [1.29, 1.82) is 0 Å². The molecule has 0 radical (unpaired) electrons. The van der Waals surface area contributed by atoms with E-state index in [1.54, 1.807) is 28.9 Å². The number of amides is 1. The number of benzene rings is 2. The molecule has 3 rings (SSSR count). The van der Waals surface area contributed by atoms with Crippen LogP contribution in [0.4, 0.5) is 5.82 Å². The lowest BCUT2D eigenvalue weighted by molar-refractivity contribution is -0.116. The van der Waals surface area contributed by atoms with E-state index in [1.807, 2.05) is 51.1 Å². The number of hydrogen-bond donors (Lipinski definition) is 1. The number of aromatic nitrogens is 2. The average molecular weight is 427 g/mol. The molecule has 2 aromatic carbocycles. The van der Waals surface area contributed by atoms with Gasteiger partial charge in [-0.15, -0.1) is 0 Å². The van der Waals surface area contributed by atoms with Crippen LogP contribution in [0.25, 0.3) is 0 Å². The van der Waals surface area contributed by atoms with E-state index < -0.39 is 15.9 Å². The highest BCUT2D eigenvalue weighted by molar-refractivity contribution is 7.89. The summed E-state index contributed by atoms with van der Waals surface area (Å²) in [5, 5.41) is 7.20. The van der Waals surface area contributed by atoms with Gasteiger partial charge in [0.05, 0.1) is 23.7 Å². The number of sulfonamides is 1. The Morgan fingerprint density at radius 2 is 1.73 bits per heavy atom. The van der Waals surface area contributed by atoms with Gasteiger partial charge in [0.1, 0.15) is 5.82 Å². The quantitative estimate of drug-likeness (QED) is 0.629. The molecule has 0 aliphatic heterocycles. The number of carbonyl (C=O) groups excluding carboxylic acids is 1. The first-order valence-electron chi connectivity index (χ1n) is 9.58. The molecule has 0 saturated heterocycles. The molecule has 1 amide bonds. The van der Waals surface area contributed by atoms with Crippen molar-refractivity contribution in [2.24, 2.45) is 0 Å². The zero-order chi connectivity index (χ0) is 21.9. The van der Waals surface area contributed by atoms with Crippen molar-refractivity contribution in [1.82, 2.24) is 14.1 Å². The summed E-state index contributed by atoms with van der Waals surface area (Å²) in [5.74, 6) is 0.0949. The molecule has 158 valence electrons. The van der Waals surface area contributed by atoms with Gasteiger partial charge in [0, 0.05) is 13.1 Å². The van der Waals surface area contributed by atoms with E-state index in [1.165, 1.54) is 7.05 Å². The van der Waals surface area contributed by atoms with E-state index in [0.717, 1.165) is 26.7 Å². The Bertz CT molecular complexity index is 1150. The van der Waals surface area contributed by atoms with E-state index in [2.05, 4.69) is 10.4 Å². The van der Waals surface area contributed by atoms with Gasteiger partial charge in [0.2, 0.25) is 15.9 Å². The highest BCUT2D eigenvalue weighted by Crippen LogP contribution is 2.19. The Kier molecular flexibility index (Phi) is 6.38. The van der Waals surface area contributed by atoms with E-state index in [4.69, 9.17) is 0 Å². The molecule has 1 N–H and O–H groups in total. The Hall–Kier alpha value is -2.97. The molecule has 8 heteroatoms. The molecule has 1 heterocycles. The molecule has 0 atom stereocenters. The topological polar surface area (TPSA) is 84.3 Å². The second kappa shape index (κ2) is 8.81. The smallest absolute Gasteiger partial charge is 0.243 e. The number of rotatable bonds is 7. The van der Waals surface area contributed by atoms with Gasteiger partial charge in [-0.05, 0) is 49.6 Å². The summed E-state index contributed by atoms with van der Waals surface area (Å²) in [6.45, 7) is 5.82. The molecule has 0 fully saturated rings. The van der Waals surface area contributed by atoms with Crippen LogP contribution >= 0.6 is 0 Å². The van der Waals surface area contributed by atoms with Crippen LogP contribution in [0.5, 0.6) is 0 Å². The van der Waals surface area contributed by atoms with E-state index >= 15 is 0 Å². The summed E-state index contributed by atoms with van der Waals surface area (Å²) in [5.41, 5.74) is 3.70. The van der Waals surface area contributed by atoms with Crippen molar-refractivity contribution in [2.75, 3.05) is 18.9 Å². The lowest BCUT2D eigenvalue weighted by atomic mass is 10.1. The van der Waals surface area contributed by atoms with Crippen LogP contribution in [-0.2, 0) is 21.4 Å². The van der Waals surface area contributed by atoms with Crippen LogP contribution in [0, 0.1) is 20.8 Å². The number of nitrogens with one attached hydrogen (secondary N) is 1. The molecular formula is C22H26N4O3S. The fraction of sp³-hybridized carbons (Fsp3) is 0.273. The average Bonchev–Trinajstić information content (AvgIpc) is 3.03. The molecule has 0 aliphatic carbocycles. The van der Waals surface area contributed by atoms with Gasteiger partial charge in [0.15, 0.2) is 0 Å². The maximum absolute atomic E-state index is 12.8. The fourth-order valence-electron chi connectivity index (χ4n) is 3.05. The first-order chi connectivity index (χ1) is 14.2. The van der Waals surface area contributed by atoms with Crippen LogP contribution in [0.3, 0.4) is 0 Å². The number of likely N-dealkylation sites (N-methyl/N-ethyl adjacent to an activating group) is 1. The third-order valence-electron chi connectivity index (χ3n) is 4.90. The zero-order valence-electron chi connectivity index (χ0n) is 17.6. The fourth-order valence-corrected chi connectivity index (χ4v) is 4.26. The Balaban J connectivity index is 1.71. The van der Waals surface area contributed by atoms with Gasteiger partial charge >= 0.3 is 0 Å². The Morgan fingerprint density at radius 3 is 2.40 bits per heavy atom. The summed E-state index contributed by atoms with van der Waals surface area (Å²) < 4.78 is 28.4. The maximum atomic E-state index is 12.8. The van der Waals surface area contributed by atoms with Crippen molar-refractivity contribution in [3.63, 3.8) is 0 Å². The van der Waals surface area contributed by atoms with E-state index in [9.17, 15) is 13.2 Å². The van der Waals surface area contributed by atoms with Crippen LogP contribution in [-0.4, -0.2) is 42.0 Å². The van der Waals surface area contributed by atoms with Gasteiger partial charge in [-0.25, -0.2) is 13.1 Å². The molecule has 0 bridgehead atoms. The van der Waals surface area contributed by atoms with Gasteiger partial charge in [-0.3, -0.25) is 4.79 Å². The monoisotopic (exact) mass is 426 g/mol. The van der Waals surface area contributed by atoms with E-state index in [-0.39, 0.29) is 11.4 Å². The SMILES string of the molecule is Cc1cc(NC(=O)CN(C)S(=O)(=O)c2ccc(C)c(C)c2)n(Cc2ccccc2)n1. The van der Waals surface area contributed by atoms with Gasteiger partial charge in [-0.2, -0.15) is 9.40 Å². The number of anilines is 1. The Labute approximate surface area is 177 Å². The van der Waals surface area contributed by atoms with Crippen LogP contribution in [0.1, 0.15) is 22.4 Å². The van der Waals surface area contributed by atoms with Crippen molar-refractivity contribution in [3.05, 3.63) is 77.0 Å². The normalized spacial score (nSPS) is 11.6. The summed E-state index contributed by atoms with van der Waals surface area (Å²) in [6, 6.07) is 16.5. The lowest BCUT2D eigenvalue weighted by Gasteiger charge is -2.18. The van der Waals surface area contributed by atoms with E-state index in [0.29, 0.717) is 12.4 Å². The third kappa shape index (κ3) is 4.95. The van der Waals surface area contributed by atoms with Crippen LogP contribution in [0.2, 0.25) is 0 Å². The van der Waals surface area contributed by atoms with Crippen molar-refractivity contribution >= 4 is 21.7 Å². The number of aryl methyl sites for hydroxylation is 3. The van der Waals surface area contributed by atoms with Gasteiger partial charge < -0.3 is 5.32 Å². The van der Waals surface area contributed by atoms with Crippen LogP contribution < -0.4 is 5.32 Å². The van der Waals surface area contributed by atoms with Gasteiger partial charge in [-0.1, -0.05) is 36.4 Å². The predicted molar refractivity (Wildman–Crippen MR) is 117 cm³/mol. The largest absolute Gasteiger partial charge is 0.310 e. The first-order valence-corrected chi connectivity index (χ1v) is 11.0. The standard InChI is InChI=1S/C22H26N4O3S/c1-16-10-11-20(12-17(16)2)30(28,29)25(4)15-22(27)23-21-13-18(3)24-26(21)14-19-8-6-5-7-9-19/h5-13H,14-15H2,1-4H3,(H,23,27). The van der Waals surface area contributed by atoms with Crippen LogP contribution in [0.15, 0.2) is 59.5 Å². The van der Waals surface area contributed by atoms with Gasteiger partial charge in [0.25, 0.3) is 0 Å². The molecule has 30 heavy (non-hydrogen) atoms. The predicted octanol–water partition coefficient (Wildman–Crippen LogP) is 3.12. The second-order valence-corrected chi connectivity index (χ2v) is 9.41. The molecular weight excluding hydrogens is 400 g/mol. The molecule has 0 aliphatic rings. The number of nitrogens with zero attached hydrogens (tertiary/aromatic N) is 3. The molecule has 1 aromatic heterocycles. The highest BCUT2D eigenvalue weighted by atomic mass is 32.2.